The minimum atomic E-state index is -0.549. The second-order valence-electron chi connectivity index (χ2n) is 5.80. The molecule has 0 fully saturated rings. The SMILES string of the molecule is COc1nc(-c2ccccc2)cnc1Cn1ccnc1-c1cccc(F)n1. The maximum absolute atomic E-state index is 13.5. The molecule has 0 aliphatic rings. The van der Waals surface area contributed by atoms with Crippen LogP contribution in [-0.2, 0) is 6.54 Å². The van der Waals surface area contributed by atoms with Crippen LogP contribution in [0.1, 0.15) is 5.69 Å². The Morgan fingerprint density at radius 3 is 2.59 bits per heavy atom. The fourth-order valence-electron chi connectivity index (χ4n) is 2.78. The average Bonchev–Trinajstić information content (AvgIpc) is 3.17. The van der Waals surface area contributed by atoms with Gasteiger partial charge < -0.3 is 9.30 Å². The van der Waals surface area contributed by atoms with Crippen LogP contribution in [0.4, 0.5) is 4.39 Å². The number of imidazole rings is 1. The molecule has 134 valence electrons. The smallest absolute Gasteiger partial charge is 0.237 e. The molecule has 0 saturated carbocycles. The van der Waals surface area contributed by atoms with Gasteiger partial charge in [0.05, 0.1) is 25.5 Å². The van der Waals surface area contributed by atoms with Crippen LogP contribution in [0.15, 0.2) is 67.1 Å². The lowest BCUT2D eigenvalue weighted by Crippen LogP contribution is -2.07. The molecule has 0 saturated heterocycles. The summed E-state index contributed by atoms with van der Waals surface area (Å²) in [6, 6.07) is 14.4. The minimum Gasteiger partial charge on any atom is -0.480 e. The molecule has 0 atom stereocenters. The molecule has 0 aliphatic heterocycles. The molecular formula is C20H16FN5O. The summed E-state index contributed by atoms with van der Waals surface area (Å²) in [7, 11) is 1.56. The van der Waals surface area contributed by atoms with Gasteiger partial charge in [-0.1, -0.05) is 36.4 Å². The second kappa shape index (κ2) is 7.33. The maximum atomic E-state index is 13.5. The number of methoxy groups -OCH3 is 1. The lowest BCUT2D eigenvalue weighted by molar-refractivity contribution is 0.388. The number of hydrogen-bond acceptors (Lipinski definition) is 5. The first-order chi connectivity index (χ1) is 13.2. The molecule has 27 heavy (non-hydrogen) atoms. The Labute approximate surface area is 155 Å². The van der Waals surface area contributed by atoms with Crippen LogP contribution in [-0.4, -0.2) is 31.6 Å². The van der Waals surface area contributed by atoms with Gasteiger partial charge in [-0.05, 0) is 12.1 Å². The summed E-state index contributed by atoms with van der Waals surface area (Å²) < 4.78 is 20.7. The topological polar surface area (TPSA) is 65.7 Å². The highest BCUT2D eigenvalue weighted by molar-refractivity contribution is 5.58. The molecule has 0 spiro atoms. The third-order valence-corrected chi connectivity index (χ3v) is 4.05. The molecule has 0 radical (unpaired) electrons. The highest BCUT2D eigenvalue weighted by Crippen LogP contribution is 2.23. The van der Waals surface area contributed by atoms with Crippen molar-refractivity contribution >= 4 is 0 Å². The van der Waals surface area contributed by atoms with Gasteiger partial charge in [0.1, 0.15) is 11.4 Å². The van der Waals surface area contributed by atoms with E-state index in [9.17, 15) is 4.39 Å². The third kappa shape index (κ3) is 3.52. The predicted molar refractivity (Wildman–Crippen MR) is 98.5 cm³/mol. The summed E-state index contributed by atoms with van der Waals surface area (Å²) in [6.45, 7) is 0.374. The van der Waals surface area contributed by atoms with Gasteiger partial charge in [0.25, 0.3) is 0 Å². The van der Waals surface area contributed by atoms with Crippen LogP contribution in [0.3, 0.4) is 0 Å². The van der Waals surface area contributed by atoms with E-state index in [1.807, 2.05) is 34.9 Å². The number of pyridine rings is 1. The van der Waals surface area contributed by atoms with Crippen LogP contribution < -0.4 is 4.74 Å². The van der Waals surface area contributed by atoms with Crippen LogP contribution in [0.25, 0.3) is 22.8 Å². The Kier molecular flexibility index (Phi) is 4.57. The molecule has 3 aromatic heterocycles. The van der Waals surface area contributed by atoms with E-state index in [0.29, 0.717) is 29.6 Å². The standard InChI is InChI=1S/C20H16FN5O/c1-27-20-17(23-12-16(25-20)14-6-3-2-4-7-14)13-26-11-10-22-19(26)15-8-5-9-18(21)24-15/h2-12H,13H2,1H3. The highest BCUT2D eigenvalue weighted by Gasteiger charge is 2.14. The number of hydrogen-bond donors (Lipinski definition) is 0. The molecule has 1 aromatic carbocycles. The quantitative estimate of drug-likeness (QED) is 0.508. The molecule has 0 unspecified atom stereocenters. The Hall–Kier alpha value is -3.61. The number of aromatic nitrogens is 5. The minimum absolute atomic E-state index is 0.374. The lowest BCUT2D eigenvalue weighted by Gasteiger charge is -2.11. The molecule has 0 N–H and O–H groups in total. The first-order valence-corrected chi connectivity index (χ1v) is 8.34. The van der Waals surface area contributed by atoms with Crippen molar-refractivity contribution in [2.45, 2.75) is 6.54 Å². The van der Waals surface area contributed by atoms with Crippen LogP contribution in [0.2, 0.25) is 0 Å². The first kappa shape index (κ1) is 16.8. The molecule has 4 rings (SSSR count). The third-order valence-electron chi connectivity index (χ3n) is 4.05. The second-order valence-corrected chi connectivity index (χ2v) is 5.80. The summed E-state index contributed by atoms with van der Waals surface area (Å²) in [4.78, 5) is 17.3. The van der Waals surface area contributed by atoms with Crippen molar-refractivity contribution in [2.24, 2.45) is 0 Å². The molecule has 0 aliphatic carbocycles. The van der Waals surface area contributed by atoms with Gasteiger partial charge in [-0.2, -0.15) is 4.39 Å². The van der Waals surface area contributed by atoms with Crippen molar-refractivity contribution < 1.29 is 9.13 Å². The van der Waals surface area contributed by atoms with Crippen LogP contribution >= 0.6 is 0 Å². The number of nitrogens with zero attached hydrogens (tertiary/aromatic N) is 5. The molecule has 7 heteroatoms. The summed E-state index contributed by atoms with van der Waals surface area (Å²) in [5, 5.41) is 0. The Bertz CT molecular complexity index is 1060. The Balaban J connectivity index is 1.67. The van der Waals surface area contributed by atoms with E-state index >= 15 is 0 Å². The molecule has 0 amide bonds. The molecule has 4 aromatic rings. The maximum Gasteiger partial charge on any atom is 0.237 e. The normalized spacial score (nSPS) is 10.7. The van der Waals surface area contributed by atoms with E-state index < -0.39 is 5.95 Å². The molecule has 6 nitrogen and oxygen atoms in total. The fraction of sp³-hybridized carbons (Fsp3) is 0.100. The largest absolute Gasteiger partial charge is 0.480 e. The van der Waals surface area contributed by atoms with E-state index in [-0.39, 0.29) is 0 Å². The Morgan fingerprint density at radius 1 is 0.963 bits per heavy atom. The zero-order valence-corrected chi connectivity index (χ0v) is 14.6. The number of halogens is 1. The van der Waals surface area contributed by atoms with Gasteiger partial charge in [0.2, 0.25) is 11.8 Å². The fourth-order valence-corrected chi connectivity index (χ4v) is 2.78. The highest BCUT2D eigenvalue weighted by atomic mass is 19.1. The van der Waals surface area contributed by atoms with E-state index in [1.54, 1.807) is 37.8 Å². The van der Waals surface area contributed by atoms with E-state index in [0.717, 1.165) is 11.3 Å². The summed E-state index contributed by atoms with van der Waals surface area (Å²) >= 11 is 0. The van der Waals surface area contributed by atoms with Gasteiger partial charge in [-0.3, -0.25) is 4.98 Å². The molecule has 0 bridgehead atoms. The van der Waals surface area contributed by atoms with Crippen molar-refractivity contribution in [3.63, 3.8) is 0 Å². The number of rotatable bonds is 5. The average molecular weight is 361 g/mol. The molecular weight excluding hydrogens is 345 g/mol. The number of benzene rings is 1. The summed E-state index contributed by atoms with van der Waals surface area (Å²) in [5.74, 6) is 0.431. The lowest BCUT2D eigenvalue weighted by atomic mass is 10.2. The first-order valence-electron chi connectivity index (χ1n) is 8.34. The van der Waals surface area contributed by atoms with Gasteiger partial charge >= 0.3 is 0 Å². The summed E-state index contributed by atoms with van der Waals surface area (Å²) in [6.07, 6.45) is 5.14. The van der Waals surface area contributed by atoms with Gasteiger partial charge in [-0.25, -0.2) is 15.0 Å². The van der Waals surface area contributed by atoms with Crippen molar-refractivity contribution in [3.8, 4) is 28.7 Å². The van der Waals surface area contributed by atoms with Crippen LogP contribution in [0.5, 0.6) is 5.88 Å². The van der Waals surface area contributed by atoms with Crippen molar-refractivity contribution in [1.29, 1.82) is 0 Å². The van der Waals surface area contributed by atoms with Crippen LogP contribution in [0, 0.1) is 5.95 Å². The predicted octanol–water partition coefficient (Wildman–Crippen LogP) is 3.60. The summed E-state index contributed by atoms with van der Waals surface area (Å²) in [5.41, 5.74) is 2.79. The molecule has 3 heterocycles. The Morgan fingerprint density at radius 2 is 1.81 bits per heavy atom. The van der Waals surface area contributed by atoms with Crippen molar-refractivity contribution in [3.05, 3.63) is 78.8 Å². The zero-order chi connectivity index (χ0) is 18.6. The van der Waals surface area contributed by atoms with E-state index in [2.05, 4.69) is 19.9 Å². The monoisotopic (exact) mass is 361 g/mol. The van der Waals surface area contributed by atoms with Gasteiger partial charge in [0.15, 0.2) is 5.82 Å². The van der Waals surface area contributed by atoms with Crippen molar-refractivity contribution in [2.75, 3.05) is 7.11 Å². The van der Waals surface area contributed by atoms with Gasteiger partial charge in [-0.15, -0.1) is 0 Å². The van der Waals surface area contributed by atoms with E-state index in [1.165, 1.54) is 6.07 Å². The van der Waals surface area contributed by atoms with E-state index in [4.69, 9.17) is 4.74 Å². The number of ether oxygens (including phenoxy) is 1. The van der Waals surface area contributed by atoms with Crippen molar-refractivity contribution in [1.82, 2.24) is 24.5 Å². The van der Waals surface area contributed by atoms with Gasteiger partial charge in [0, 0.05) is 18.0 Å². The zero-order valence-electron chi connectivity index (χ0n) is 14.6.